The molecule has 0 bridgehead atoms. The summed E-state index contributed by atoms with van der Waals surface area (Å²) in [4.78, 5) is 10.7. The minimum Gasteiger partial charge on any atom is -0.463 e. The van der Waals surface area contributed by atoms with Crippen LogP contribution in [0.1, 0.15) is 6.92 Å². The zero-order chi connectivity index (χ0) is 7.61. The van der Waals surface area contributed by atoms with Gasteiger partial charge in [-0.15, -0.1) is 0 Å². The van der Waals surface area contributed by atoms with Gasteiger partial charge < -0.3 is 9.47 Å². The van der Waals surface area contributed by atoms with E-state index in [9.17, 15) is 9.18 Å². The topological polar surface area (TPSA) is 35.5 Å². The predicted molar refractivity (Wildman–Crippen MR) is 31.3 cm³/mol. The van der Waals surface area contributed by atoms with E-state index in [1.165, 1.54) is 0 Å². The summed E-state index contributed by atoms with van der Waals surface area (Å²) in [7, 11) is 0. The zero-order valence-corrected chi connectivity index (χ0v) is 5.72. The van der Waals surface area contributed by atoms with Crippen molar-refractivity contribution in [3.63, 3.8) is 0 Å². The fraction of sp³-hybridized carbons (Fsp3) is 0.833. The van der Waals surface area contributed by atoms with Crippen LogP contribution in [-0.2, 0) is 14.3 Å². The van der Waals surface area contributed by atoms with E-state index in [0.29, 0.717) is 0 Å². The van der Waals surface area contributed by atoms with Crippen molar-refractivity contribution in [1.29, 1.82) is 0 Å². The molecule has 4 heteroatoms. The second-order valence-electron chi connectivity index (χ2n) is 2.18. The summed E-state index contributed by atoms with van der Waals surface area (Å²) < 4.78 is 21.9. The molecule has 58 valence electrons. The third-order valence-corrected chi connectivity index (χ3v) is 1.30. The summed E-state index contributed by atoms with van der Waals surface area (Å²) in [6, 6.07) is 0. The van der Waals surface area contributed by atoms with Crippen molar-refractivity contribution < 1.29 is 18.7 Å². The van der Waals surface area contributed by atoms with E-state index in [1.807, 2.05) is 0 Å². The van der Waals surface area contributed by atoms with Gasteiger partial charge in [-0.05, 0) is 6.92 Å². The summed E-state index contributed by atoms with van der Waals surface area (Å²) in [5.41, 5.74) is -1.85. The van der Waals surface area contributed by atoms with Crippen molar-refractivity contribution >= 4 is 5.97 Å². The van der Waals surface area contributed by atoms with Crippen molar-refractivity contribution in [3.8, 4) is 0 Å². The minimum absolute atomic E-state index is 0.161. The normalized spacial score (nSPS) is 21.4. The van der Waals surface area contributed by atoms with Gasteiger partial charge in [0, 0.05) is 0 Å². The molecule has 1 heterocycles. The van der Waals surface area contributed by atoms with E-state index >= 15 is 0 Å². The first-order valence-corrected chi connectivity index (χ1v) is 3.13. The Hall–Kier alpha value is -0.640. The van der Waals surface area contributed by atoms with Crippen LogP contribution in [0.5, 0.6) is 0 Å². The molecule has 1 fully saturated rings. The lowest BCUT2D eigenvalue weighted by atomic mass is 10.1. The van der Waals surface area contributed by atoms with E-state index < -0.39 is 11.6 Å². The Morgan fingerprint density at radius 2 is 2.40 bits per heavy atom. The van der Waals surface area contributed by atoms with Gasteiger partial charge in [0.2, 0.25) is 0 Å². The highest BCUT2D eigenvalue weighted by atomic mass is 19.1. The number of halogens is 1. The maximum absolute atomic E-state index is 12.9. The lowest BCUT2D eigenvalue weighted by Crippen LogP contribution is -2.52. The van der Waals surface area contributed by atoms with Crippen molar-refractivity contribution in [3.05, 3.63) is 0 Å². The second-order valence-corrected chi connectivity index (χ2v) is 2.18. The van der Waals surface area contributed by atoms with Crippen LogP contribution in [0.15, 0.2) is 0 Å². The molecule has 0 amide bonds. The van der Waals surface area contributed by atoms with Crippen molar-refractivity contribution in [2.75, 3.05) is 19.8 Å². The third-order valence-electron chi connectivity index (χ3n) is 1.30. The lowest BCUT2D eigenvalue weighted by Gasteiger charge is -2.30. The van der Waals surface area contributed by atoms with Gasteiger partial charge in [0.25, 0.3) is 5.67 Å². The Bertz CT molecular complexity index is 142. The van der Waals surface area contributed by atoms with E-state index in [-0.39, 0.29) is 19.8 Å². The number of esters is 1. The number of rotatable bonds is 2. The van der Waals surface area contributed by atoms with Gasteiger partial charge in [-0.1, -0.05) is 0 Å². The molecule has 1 rings (SSSR count). The van der Waals surface area contributed by atoms with Crippen LogP contribution in [0.4, 0.5) is 4.39 Å². The predicted octanol–water partition coefficient (Wildman–Crippen LogP) is 0.288. The molecule has 0 radical (unpaired) electrons. The first kappa shape index (κ1) is 7.47. The van der Waals surface area contributed by atoms with Crippen LogP contribution in [0.25, 0.3) is 0 Å². The SMILES string of the molecule is CCOC(=O)C1(F)COC1. The van der Waals surface area contributed by atoms with E-state index in [1.54, 1.807) is 6.92 Å². The minimum atomic E-state index is -1.85. The van der Waals surface area contributed by atoms with Gasteiger partial charge in [0.05, 0.1) is 19.8 Å². The molecule has 10 heavy (non-hydrogen) atoms. The molecule has 0 aromatic rings. The van der Waals surface area contributed by atoms with Crippen LogP contribution >= 0.6 is 0 Å². The highest BCUT2D eigenvalue weighted by Crippen LogP contribution is 2.22. The highest BCUT2D eigenvalue weighted by molar-refractivity contribution is 5.80. The molecule has 1 aliphatic rings. The first-order chi connectivity index (χ1) is 4.69. The second kappa shape index (κ2) is 2.54. The number of hydrogen-bond donors (Lipinski definition) is 0. The number of carbonyl (C=O) groups excluding carboxylic acids is 1. The summed E-state index contributed by atoms with van der Waals surface area (Å²) in [6.07, 6.45) is 0. The van der Waals surface area contributed by atoms with Crippen LogP contribution in [0.3, 0.4) is 0 Å². The van der Waals surface area contributed by atoms with Gasteiger partial charge in [-0.3, -0.25) is 0 Å². The number of alkyl halides is 1. The molecular weight excluding hydrogens is 139 g/mol. The monoisotopic (exact) mass is 148 g/mol. The molecule has 1 saturated heterocycles. The molecule has 0 aromatic heterocycles. The van der Waals surface area contributed by atoms with E-state index in [4.69, 9.17) is 0 Å². The molecule has 0 atom stereocenters. The highest BCUT2D eigenvalue weighted by Gasteiger charge is 2.48. The van der Waals surface area contributed by atoms with Gasteiger partial charge in [-0.2, -0.15) is 0 Å². The Labute approximate surface area is 58.1 Å². The summed E-state index contributed by atoms with van der Waals surface area (Å²) in [5.74, 6) is -0.804. The Morgan fingerprint density at radius 1 is 1.80 bits per heavy atom. The lowest BCUT2D eigenvalue weighted by molar-refractivity contribution is -0.189. The average molecular weight is 148 g/mol. The van der Waals surface area contributed by atoms with Gasteiger partial charge in [0.15, 0.2) is 0 Å². The largest absolute Gasteiger partial charge is 0.463 e. The van der Waals surface area contributed by atoms with Crippen LogP contribution < -0.4 is 0 Å². The number of hydrogen-bond acceptors (Lipinski definition) is 3. The third kappa shape index (κ3) is 1.11. The van der Waals surface area contributed by atoms with Gasteiger partial charge in [-0.25, -0.2) is 9.18 Å². The molecule has 0 unspecified atom stereocenters. The fourth-order valence-electron chi connectivity index (χ4n) is 0.660. The standard InChI is InChI=1S/C6H9FO3/c1-2-10-5(8)6(7)3-9-4-6/h2-4H2,1H3. The summed E-state index contributed by atoms with van der Waals surface area (Å²) in [6.45, 7) is 1.53. The number of ether oxygens (including phenoxy) is 2. The van der Waals surface area contributed by atoms with E-state index in [2.05, 4.69) is 9.47 Å². The smallest absolute Gasteiger partial charge is 0.348 e. The van der Waals surface area contributed by atoms with E-state index in [0.717, 1.165) is 0 Å². The molecule has 0 N–H and O–H groups in total. The molecule has 1 aliphatic heterocycles. The van der Waals surface area contributed by atoms with Gasteiger partial charge >= 0.3 is 5.97 Å². The zero-order valence-electron chi connectivity index (χ0n) is 5.72. The Morgan fingerprint density at radius 3 is 2.70 bits per heavy atom. The van der Waals surface area contributed by atoms with Crippen LogP contribution in [0.2, 0.25) is 0 Å². The summed E-state index contributed by atoms with van der Waals surface area (Å²) >= 11 is 0. The number of carbonyl (C=O) groups is 1. The molecule has 3 nitrogen and oxygen atoms in total. The Kier molecular flexibility index (Phi) is 1.89. The molecule has 0 aromatic carbocycles. The van der Waals surface area contributed by atoms with Crippen LogP contribution in [0, 0.1) is 0 Å². The maximum Gasteiger partial charge on any atom is 0.348 e. The van der Waals surface area contributed by atoms with Crippen molar-refractivity contribution in [1.82, 2.24) is 0 Å². The van der Waals surface area contributed by atoms with Gasteiger partial charge in [0.1, 0.15) is 0 Å². The summed E-state index contributed by atoms with van der Waals surface area (Å²) in [5, 5.41) is 0. The molecule has 0 aliphatic carbocycles. The maximum atomic E-state index is 12.9. The average Bonchev–Trinajstić information content (AvgIpc) is 1.83. The molecule has 0 spiro atoms. The van der Waals surface area contributed by atoms with Crippen molar-refractivity contribution in [2.24, 2.45) is 0 Å². The first-order valence-electron chi connectivity index (χ1n) is 3.13. The molecular formula is C6H9FO3. The van der Waals surface area contributed by atoms with Crippen LogP contribution in [-0.4, -0.2) is 31.5 Å². The fourth-order valence-corrected chi connectivity index (χ4v) is 0.660. The quantitative estimate of drug-likeness (QED) is 0.528. The van der Waals surface area contributed by atoms with Crippen molar-refractivity contribution in [2.45, 2.75) is 12.6 Å². The Balaban J connectivity index is 2.39. The molecule has 0 saturated carbocycles.